The van der Waals surface area contributed by atoms with E-state index in [2.05, 4.69) is 15.4 Å². The average Bonchev–Trinajstić information content (AvgIpc) is 2.96. The summed E-state index contributed by atoms with van der Waals surface area (Å²) >= 11 is 7.01. The van der Waals surface area contributed by atoms with E-state index in [1.54, 1.807) is 26.0 Å². The van der Waals surface area contributed by atoms with Crippen molar-refractivity contribution in [3.63, 3.8) is 0 Å². The Morgan fingerprint density at radius 2 is 1.80 bits per heavy atom. The molecule has 0 aromatic heterocycles. The van der Waals surface area contributed by atoms with E-state index in [1.165, 1.54) is 31.4 Å². The number of methoxy groups -OCH3 is 1. The molecule has 0 aliphatic carbocycles. The van der Waals surface area contributed by atoms with Crippen molar-refractivity contribution in [2.45, 2.75) is 52.0 Å². The lowest BCUT2D eigenvalue weighted by molar-refractivity contribution is -0.143. The Bertz CT molecular complexity index is 1410. The highest BCUT2D eigenvalue weighted by molar-refractivity contribution is 7.99. The summed E-state index contributed by atoms with van der Waals surface area (Å²) in [5, 5.41) is 14.4. The van der Waals surface area contributed by atoms with Gasteiger partial charge in [-0.05, 0) is 50.1 Å². The molecule has 0 heterocycles. The molecule has 3 N–H and O–H groups in total. The van der Waals surface area contributed by atoms with E-state index in [0.29, 0.717) is 17.4 Å². The van der Waals surface area contributed by atoms with Crippen molar-refractivity contribution in [3.05, 3.63) is 70.1 Å². The Hall–Kier alpha value is -4.10. The van der Waals surface area contributed by atoms with E-state index in [4.69, 9.17) is 21.1 Å². The van der Waals surface area contributed by atoms with Crippen LogP contribution >= 0.6 is 23.4 Å². The number of thioether (sulfide) groups is 1. The Labute approximate surface area is 269 Å². The number of hydrogen-bond donors (Lipinski definition) is 3. The van der Waals surface area contributed by atoms with Gasteiger partial charge in [-0.3, -0.25) is 14.4 Å². The van der Waals surface area contributed by atoms with Crippen molar-refractivity contribution in [2.75, 3.05) is 19.5 Å². The number of benzene rings is 2. The van der Waals surface area contributed by atoms with E-state index < -0.39 is 53.0 Å². The van der Waals surface area contributed by atoms with Crippen LogP contribution in [0.15, 0.2) is 48.2 Å². The zero-order valence-electron chi connectivity index (χ0n) is 25.5. The van der Waals surface area contributed by atoms with Crippen LogP contribution in [0.4, 0.5) is 4.39 Å². The topological polar surface area (TPSA) is 157 Å². The summed E-state index contributed by atoms with van der Waals surface area (Å²) in [6, 6.07) is 7.73. The fourth-order valence-corrected chi connectivity index (χ4v) is 5.05. The highest BCUT2D eigenvalue weighted by Crippen LogP contribution is 2.27. The van der Waals surface area contributed by atoms with Gasteiger partial charge in [0.15, 0.2) is 12.4 Å². The molecule has 2 amide bonds. The number of amides is 2. The largest absolute Gasteiger partial charge is 0.491 e. The number of ether oxygens (including phenoxy) is 3. The van der Waals surface area contributed by atoms with Crippen molar-refractivity contribution >= 4 is 52.9 Å². The summed E-state index contributed by atoms with van der Waals surface area (Å²) in [6.07, 6.45) is 0.104. The number of carbonyl (C=O) groups excluding carboxylic acids is 4. The molecule has 45 heavy (non-hydrogen) atoms. The Morgan fingerprint density at radius 1 is 1.09 bits per heavy atom. The third-order valence-electron chi connectivity index (χ3n) is 5.96. The molecule has 0 spiro atoms. The van der Waals surface area contributed by atoms with Crippen molar-refractivity contribution in [2.24, 2.45) is 5.92 Å². The fourth-order valence-electron chi connectivity index (χ4n) is 3.80. The number of carbonyl (C=O) groups is 5. The summed E-state index contributed by atoms with van der Waals surface area (Å²) in [4.78, 5) is 62.1. The van der Waals surface area contributed by atoms with Gasteiger partial charge in [0.05, 0.1) is 37.2 Å². The first kappa shape index (κ1) is 37.1. The number of halogens is 2. The van der Waals surface area contributed by atoms with Gasteiger partial charge in [0.25, 0.3) is 0 Å². The van der Waals surface area contributed by atoms with Crippen LogP contribution in [0.3, 0.4) is 0 Å². The number of allylic oxidation sites excluding steroid dienone is 1. The first-order valence-corrected chi connectivity index (χ1v) is 15.3. The molecular formula is C31H36ClFN2O9S. The minimum absolute atomic E-state index is 0.0354. The quantitative estimate of drug-likeness (QED) is 0.166. The summed E-state index contributed by atoms with van der Waals surface area (Å²) in [6.45, 7) is 6.59. The van der Waals surface area contributed by atoms with Gasteiger partial charge in [-0.25, -0.2) is 14.0 Å². The lowest BCUT2D eigenvalue weighted by atomic mass is 10.0. The SMILES string of the molecule is COC(=O)COc1ccc(OC(C)C)c(CC(=O)N[C@H](C(=O)N/C(=C/C(=O)O)C(=O)CSCc2c(F)cccc2Cl)C(C)C)c1. The van der Waals surface area contributed by atoms with Crippen LogP contribution in [-0.2, 0) is 40.9 Å². The second kappa shape index (κ2) is 18.0. The van der Waals surface area contributed by atoms with Gasteiger partial charge < -0.3 is 30.0 Å². The molecule has 2 aromatic rings. The molecule has 0 radical (unpaired) electrons. The molecule has 0 aliphatic heterocycles. The summed E-state index contributed by atoms with van der Waals surface area (Å²) < 4.78 is 29.9. The highest BCUT2D eigenvalue weighted by atomic mass is 35.5. The van der Waals surface area contributed by atoms with E-state index >= 15 is 0 Å². The summed E-state index contributed by atoms with van der Waals surface area (Å²) in [5.74, 6) is -4.75. The number of esters is 1. The average molecular weight is 667 g/mol. The molecule has 0 bridgehead atoms. The number of aliphatic carboxylic acids is 1. The molecular weight excluding hydrogens is 631 g/mol. The van der Waals surface area contributed by atoms with Crippen LogP contribution in [0.5, 0.6) is 11.5 Å². The minimum Gasteiger partial charge on any atom is -0.491 e. The molecule has 1 atom stereocenters. The smallest absolute Gasteiger partial charge is 0.343 e. The maximum atomic E-state index is 14.1. The van der Waals surface area contributed by atoms with Crippen molar-refractivity contribution < 1.29 is 47.7 Å². The second-order valence-corrected chi connectivity index (χ2v) is 11.7. The second-order valence-electron chi connectivity index (χ2n) is 10.3. The van der Waals surface area contributed by atoms with Crippen LogP contribution in [0.25, 0.3) is 0 Å². The van der Waals surface area contributed by atoms with Crippen LogP contribution < -0.4 is 20.1 Å². The van der Waals surface area contributed by atoms with Crippen LogP contribution in [0.1, 0.15) is 38.8 Å². The molecule has 244 valence electrons. The standard InChI is InChI=1S/C31H36ClFN2O9S/c1-17(2)30(35-27(37)12-19-11-20(43-14-29(40)42-5)9-10-26(19)44-18(3)4)31(41)34-24(13-28(38)39)25(36)16-45-15-21-22(32)7-6-8-23(21)33/h6-11,13,17-18,30H,12,14-16H2,1-5H3,(H,34,41)(H,35,37)(H,38,39)/b24-13+/t30-/m0/s1. The van der Waals surface area contributed by atoms with Gasteiger partial charge in [0, 0.05) is 21.9 Å². The number of rotatable bonds is 17. The maximum absolute atomic E-state index is 14.1. The van der Waals surface area contributed by atoms with Gasteiger partial charge in [-0.15, -0.1) is 11.8 Å². The number of carboxylic acid groups (broad SMARTS) is 1. The Morgan fingerprint density at radius 3 is 2.40 bits per heavy atom. The highest BCUT2D eigenvalue weighted by Gasteiger charge is 2.27. The predicted molar refractivity (Wildman–Crippen MR) is 167 cm³/mol. The monoisotopic (exact) mass is 666 g/mol. The zero-order valence-corrected chi connectivity index (χ0v) is 27.1. The molecule has 0 fully saturated rings. The number of carboxylic acids is 1. The molecule has 2 aromatic carbocycles. The third kappa shape index (κ3) is 12.4. The molecule has 0 saturated heterocycles. The number of ketones is 1. The predicted octanol–water partition coefficient (Wildman–Crippen LogP) is 4.09. The number of hydrogen-bond acceptors (Lipinski definition) is 9. The van der Waals surface area contributed by atoms with Gasteiger partial charge in [0.2, 0.25) is 11.8 Å². The van der Waals surface area contributed by atoms with Crippen LogP contribution in [-0.4, -0.2) is 66.3 Å². The fraction of sp³-hybridized carbons (Fsp3) is 0.387. The van der Waals surface area contributed by atoms with E-state index in [0.717, 1.165) is 11.8 Å². The van der Waals surface area contributed by atoms with Crippen molar-refractivity contribution in [3.8, 4) is 11.5 Å². The minimum atomic E-state index is -1.47. The van der Waals surface area contributed by atoms with Crippen molar-refractivity contribution in [1.29, 1.82) is 0 Å². The van der Waals surface area contributed by atoms with Gasteiger partial charge in [-0.2, -0.15) is 0 Å². The lowest BCUT2D eigenvalue weighted by Gasteiger charge is -2.23. The third-order valence-corrected chi connectivity index (χ3v) is 7.28. The lowest BCUT2D eigenvalue weighted by Crippen LogP contribution is -2.50. The normalized spacial score (nSPS) is 12.0. The maximum Gasteiger partial charge on any atom is 0.343 e. The summed E-state index contributed by atoms with van der Waals surface area (Å²) in [7, 11) is 1.22. The van der Waals surface area contributed by atoms with Gasteiger partial charge >= 0.3 is 11.9 Å². The Balaban J connectivity index is 2.15. The zero-order chi connectivity index (χ0) is 33.7. The molecule has 0 aliphatic rings. The summed E-state index contributed by atoms with van der Waals surface area (Å²) in [5.41, 5.74) is 0.109. The van der Waals surface area contributed by atoms with Crippen LogP contribution in [0.2, 0.25) is 5.02 Å². The van der Waals surface area contributed by atoms with E-state index in [1.807, 2.05) is 13.8 Å². The molecule has 0 saturated carbocycles. The van der Waals surface area contributed by atoms with Gasteiger partial charge in [0.1, 0.15) is 23.4 Å². The Kier molecular flexibility index (Phi) is 14.8. The van der Waals surface area contributed by atoms with E-state index in [-0.39, 0.29) is 47.0 Å². The van der Waals surface area contributed by atoms with Crippen molar-refractivity contribution in [1.82, 2.24) is 10.6 Å². The van der Waals surface area contributed by atoms with Crippen LogP contribution in [0, 0.1) is 11.7 Å². The molecule has 11 nitrogen and oxygen atoms in total. The molecule has 2 rings (SSSR count). The number of Topliss-reactive ketones (excluding diaryl/α,β-unsaturated/α-hetero) is 1. The molecule has 14 heteroatoms. The first-order valence-electron chi connectivity index (χ1n) is 13.8. The first-order chi connectivity index (χ1) is 21.2. The van der Waals surface area contributed by atoms with E-state index in [9.17, 15) is 33.5 Å². The number of nitrogens with one attached hydrogen (secondary N) is 2. The van der Waals surface area contributed by atoms with Gasteiger partial charge in [-0.1, -0.05) is 31.5 Å². The molecule has 0 unspecified atom stereocenters.